The van der Waals surface area contributed by atoms with Crippen LogP contribution in [-0.2, 0) is 0 Å². The molecule has 0 radical (unpaired) electrons. The molecule has 0 saturated heterocycles. The van der Waals surface area contributed by atoms with Crippen LogP contribution in [-0.4, -0.2) is 61.0 Å². The van der Waals surface area contributed by atoms with Gasteiger partial charge in [-0.15, -0.1) is 0 Å². The van der Waals surface area contributed by atoms with Crippen LogP contribution in [0.5, 0.6) is 0 Å². The molecule has 0 bridgehead atoms. The fraction of sp³-hybridized carbons (Fsp3) is 0.429. The van der Waals surface area contributed by atoms with E-state index in [1.807, 2.05) is 14.1 Å². The summed E-state index contributed by atoms with van der Waals surface area (Å²) in [6, 6.07) is 6.68. The summed E-state index contributed by atoms with van der Waals surface area (Å²) in [6.07, 6.45) is 0.928. The smallest absolute Gasteiger partial charge is 0.253 e. The van der Waals surface area contributed by atoms with E-state index in [1.165, 1.54) is 0 Å². The first-order valence-corrected chi connectivity index (χ1v) is 6.44. The molecule has 1 rings (SSSR count). The van der Waals surface area contributed by atoms with Crippen molar-refractivity contribution in [2.45, 2.75) is 6.42 Å². The average molecular weight is 278 g/mol. The summed E-state index contributed by atoms with van der Waals surface area (Å²) in [5.41, 5.74) is 6.65. The van der Waals surface area contributed by atoms with Crippen LogP contribution >= 0.6 is 0 Å². The Kier molecular flexibility index (Phi) is 5.99. The average Bonchev–Trinajstić information content (AvgIpc) is 2.45. The molecule has 0 aromatic heterocycles. The summed E-state index contributed by atoms with van der Waals surface area (Å²) in [6.45, 7) is 1.65. The molecule has 0 spiro atoms. The van der Waals surface area contributed by atoms with Crippen LogP contribution < -0.4 is 5.73 Å². The Balaban J connectivity index is 2.63. The molecular formula is C14H22N4O2. The number of nitrogens with zero attached hydrogens (tertiary/aromatic N) is 3. The minimum absolute atomic E-state index is 0.0309. The van der Waals surface area contributed by atoms with Gasteiger partial charge in [-0.3, -0.25) is 4.79 Å². The van der Waals surface area contributed by atoms with Gasteiger partial charge in [-0.05, 0) is 39.2 Å². The Morgan fingerprint density at radius 1 is 1.15 bits per heavy atom. The van der Waals surface area contributed by atoms with Gasteiger partial charge in [0.2, 0.25) is 0 Å². The molecule has 1 aromatic carbocycles. The SMILES string of the molecule is CN(C)CCCN(C)C(=O)c1ccc(C(N)=NO)cc1. The van der Waals surface area contributed by atoms with E-state index in [4.69, 9.17) is 10.9 Å². The topological polar surface area (TPSA) is 82.2 Å². The Morgan fingerprint density at radius 3 is 2.20 bits per heavy atom. The van der Waals surface area contributed by atoms with Crippen molar-refractivity contribution in [2.24, 2.45) is 10.9 Å². The van der Waals surface area contributed by atoms with Crippen molar-refractivity contribution in [1.82, 2.24) is 9.80 Å². The number of amides is 1. The molecule has 20 heavy (non-hydrogen) atoms. The lowest BCUT2D eigenvalue weighted by atomic mass is 10.1. The number of hydrogen-bond acceptors (Lipinski definition) is 4. The van der Waals surface area contributed by atoms with Crippen molar-refractivity contribution in [2.75, 3.05) is 34.2 Å². The fourth-order valence-corrected chi connectivity index (χ4v) is 1.79. The number of amidine groups is 1. The summed E-state index contributed by atoms with van der Waals surface area (Å²) >= 11 is 0. The highest BCUT2D eigenvalue weighted by atomic mass is 16.4. The zero-order chi connectivity index (χ0) is 15.1. The van der Waals surface area contributed by atoms with E-state index in [2.05, 4.69) is 10.1 Å². The standard InChI is InChI=1S/C14H22N4O2/c1-17(2)9-4-10-18(3)14(19)12-7-5-11(6-8-12)13(15)16-20/h5-8,20H,4,9-10H2,1-3H3,(H2,15,16). The fourth-order valence-electron chi connectivity index (χ4n) is 1.79. The quantitative estimate of drug-likeness (QED) is 0.349. The first-order valence-electron chi connectivity index (χ1n) is 6.44. The predicted octanol–water partition coefficient (Wildman–Crippen LogP) is 0.805. The van der Waals surface area contributed by atoms with Crippen LogP contribution in [0.3, 0.4) is 0 Å². The molecule has 0 heterocycles. The molecule has 0 atom stereocenters. The third-order valence-electron chi connectivity index (χ3n) is 2.98. The van der Waals surface area contributed by atoms with E-state index in [0.717, 1.165) is 13.0 Å². The zero-order valence-electron chi connectivity index (χ0n) is 12.2. The molecule has 6 nitrogen and oxygen atoms in total. The first kappa shape index (κ1) is 16.0. The second-order valence-corrected chi connectivity index (χ2v) is 4.95. The number of carbonyl (C=O) groups is 1. The molecule has 0 unspecified atom stereocenters. The molecule has 6 heteroatoms. The second kappa shape index (κ2) is 7.49. The van der Waals surface area contributed by atoms with Gasteiger partial charge in [0.15, 0.2) is 5.84 Å². The second-order valence-electron chi connectivity index (χ2n) is 4.95. The van der Waals surface area contributed by atoms with Gasteiger partial charge >= 0.3 is 0 Å². The van der Waals surface area contributed by atoms with Crippen molar-refractivity contribution in [3.8, 4) is 0 Å². The van der Waals surface area contributed by atoms with Crippen molar-refractivity contribution in [3.63, 3.8) is 0 Å². The molecule has 0 aliphatic carbocycles. The van der Waals surface area contributed by atoms with E-state index in [0.29, 0.717) is 17.7 Å². The van der Waals surface area contributed by atoms with Gasteiger partial charge in [0.05, 0.1) is 0 Å². The molecule has 0 aliphatic rings. The summed E-state index contributed by atoms with van der Waals surface area (Å²) in [5, 5.41) is 11.5. The van der Waals surface area contributed by atoms with Crippen molar-refractivity contribution < 1.29 is 10.0 Å². The maximum atomic E-state index is 12.2. The van der Waals surface area contributed by atoms with E-state index in [9.17, 15) is 4.79 Å². The predicted molar refractivity (Wildman–Crippen MR) is 79.1 cm³/mol. The zero-order valence-corrected chi connectivity index (χ0v) is 12.2. The molecule has 0 aliphatic heterocycles. The highest BCUT2D eigenvalue weighted by molar-refractivity contribution is 5.99. The van der Waals surface area contributed by atoms with Crippen LogP contribution in [0, 0.1) is 0 Å². The van der Waals surface area contributed by atoms with E-state index in [-0.39, 0.29) is 11.7 Å². The van der Waals surface area contributed by atoms with Crippen LogP contribution in [0.4, 0.5) is 0 Å². The minimum atomic E-state index is -0.0326. The van der Waals surface area contributed by atoms with Gasteiger partial charge in [0.25, 0.3) is 5.91 Å². The minimum Gasteiger partial charge on any atom is -0.409 e. The molecule has 0 fully saturated rings. The summed E-state index contributed by atoms with van der Waals surface area (Å²) in [4.78, 5) is 16.0. The van der Waals surface area contributed by atoms with Gasteiger partial charge in [0, 0.05) is 24.7 Å². The number of rotatable bonds is 6. The number of carbonyl (C=O) groups excluding carboxylic acids is 1. The normalized spacial score (nSPS) is 11.7. The van der Waals surface area contributed by atoms with E-state index < -0.39 is 0 Å². The molecule has 3 N–H and O–H groups in total. The maximum Gasteiger partial charge on any atom is 0.253 e. The lowest BCUT2D eigenvalue weighted by Gasteiger charge is -2.18. The summed E-state index contributed by atoms with van der Waals surface area (Å²) in [5.74, 6) is -0.00171. The third-order valence-corrected chi connectivity index (χ3v) is 2.98. The number of oxime groups is 1. The monoisotopic (exact) mass is 278 g/mol. The Morgan fingerprint density at radius 2 is 1.70 bits per heavy atom. The third kappa shape index (κ3) is 4.55. The number of nitrogens with two attached hydrogens (primary N) is 1. The van der Waals surface area contributed by atoms with Crippen molar-refractivity contribution in [1.29, 1.82) is 0 Å². The van der Waals surface area contributed by atoms with Gasteiger partial charge < -0.3 is 20.7 Å². The lowest BCUT2D eigenvalue weighted by Crippen LogP contribution is -2.29. The van der Waals surface area contributed by atoms with E-state index in [1.54, 1.807) is 36.2 Å². The number of benzene rings is 1. The molecular weight excluding hydrogens is 256 g/mol. The van der Waals surface area contributed by atoms with Crippen molar-refractivity contribution >= 4 is 11.7 Å². The highest BCUT2D eigenvalue weighted by Crippen LogP contribution is 2.07. The Labute approximate surface area is 119 Å². The molecule has 110 valence electrons. The van der Waals surface area contributed by atoms with Crippen LogP contribution in [0.2, 0.25) is 0 Å². The lowest BCUT2D eigenvalue weighted by molar-refractivity contribution is 0.0790. The van der Waals surface area contributed by atoms with Gasteiger partial charge in [0.1, 0.15) is 0 Å². The largest absolute Gasteiger partial charge is 0.409 e. The maximum absolute atomic E-state index is 12.2. The van der Waals surface area contributed by atoms with Gasteiger partial charge in [-0.25, -0.2) is 0 Å². The Hall–Kier alpha value is -2.08. The molecule has 1 amide bonds. The Bertz CT molecular complexity index is 469. The molecule has 0 saturated carbocycles. The van der Waals surface area contributed by atoms with Crippen LogP contribution in [0.25, 0.3) is 0 Å². The van der Waals surface area contributed by atoms with Crippen LogP contribution in [0.15, 0.2) is 29.4 Å². The van der Waals surface area contributed by atoms with E-state index >= 15 is 0 Å². The first-order chi connectivity index (χ1) is 9.45. The van der Waals surface area contributed by atoms with Crippen LogP contribution in [0.1, 0.15) is 22.3 Å². The summed E-state index contributed by atoms with van der Waals surface area (Å²) in [7, 11) is 5.80. The molecule has 1 aromatic rings. The van der Waals surface area contributed by atoms with Crippen molar-refractivity contribution in [3.05, 3.63) is 35.4 Å². The van der Waals surface area contributed by atoms with Gasteiger partial charge in [-0.1, -0.05) is 17.3 Å². The van der Waals surface area contributed by atoms with Gasteiger partial charge in [-0.2, -0.15) is 0 Å². The summed E-state index contributed by atoms with van der Waals surface area (Å²) < 4.78 is 0. The highest BCUT2D eigenvalue weighted by Gasteiger charge is 2.11. The number of hydrogen-bond donors (Lipinski definition) is 2.